The molecule has 0 spiro atoms. The van der Waals surface area contributed by atoms with Crippen LogP contribution in [0.15, 0.2) is 0 Å². The zero-order chi connectivity index (χ0) is 41.3. The maximum Gasteiger partial charge on any atom is 0.303 e. The Morgan fingerprint density at radius 3 is 0.596 bits per heavy atom. The molecule has 0 rings (SSSR count). The fourth-order valence-electron chi connectivity index (χ4n) is 3.40. The summed E-state index contributed by atoms with van der Waals surface area (Å²) in [5.74, 6) is -1.32. The summed E-state index contributed by atoms with van der Waals surface area (Å²) in [6.45, 7) is 1.54. The number of carboxylic acid groups (broad SMARTS) is 2. The van der Waals surface area contributed by atoms with Crippen LogP contribution in [0.4, 0.5) is 0 Å². The molecule has 0 aromatic carbocycles. The van der Waals surface area contributed by atoms with Crippen molar-refractivity contribution in [3.63, 3.8) is 0 Å². The van der Waals surface area contributed by atoms with Gasteiger partial charge in [-0.25, -0.2) is 0 Å². The van der Waals surface area contributed by atoms with Gasteiger partial charge in [-0.3, -0.25) is 9.59 Å². The Labute approximate surface area is 312 Å². The average Bonchev–Trinajstić information content (AvgIpc) is 3.16. The van der Waals surface area contributed by atoms with Gasteiger partial charge in [-0.05, 0) is 12.8 Å². The van der Waals surface area contributed by atoms with E-state index in [4.69, 9.17) is 71.5 Å². The maximum absolute atomic E-state index is 10.2. The van der Waals surface area contributed by atoms with Crippen LogP contribution < -0.4 is 0 Å². The van der Waals surface area contributed by atoms with Gasteiger partial charge < -0.3 is 71.5 Å². The van der Waals surface area contributed by atoms with E-state index in [2.05, 4.69) is 13.8 Å². The lowest BCUT2D eigenvalue weighted by Crippen LogP contribution is -2.15. The van der Waals surface area contributed by atoms with Crippen LogP contribution in [-0.2, 0) is 9.59 Å². The van der Waals surface area contributed by atoms with Gasteiger partial charge in [0.15, 0.2) is 0 Å². The van der Waals surface area contributed by atoms with Gasteiger partial charge in [0, 0.05) is 12.8 Å². The van der Waals surface area contributed by atoms with Crippen LogP contribution in [0.25, 0.3) is 0 Å². The molecule has 0 heterocycles. The maximum atomic E-state index is 10.2. The number of unbranched alkanes of at least 4 members (excludes halogenated alkanes) is 16. The van der Waals surface area contributed by atoms with Crippen molar-refractivity contribution in [2.75, 3.05) is 52.9 Å². The molecule has 0 atom stereocenters. The van der Waals surface area contributed by atoms with E-state index in [9.17, 15) is 9.59 Å². The lowest BCUT2D eigenvalue weighted by molar-refractivity contribution is -0.138. The number of aliphatic hydroxyl groups is 12. The smallest absolute Gasteiger partial charge is 0.303 e. The van der Waals surface area contributed by atoms with Crippen LogP contribution in [0.3, 0.4) is 0 Å². The first-order chi connectivity index (χ1) is 24.8. The van der Waals surface area contributed by atoms with Crippen molar-refractivity contribution in [1.29, 1.82) is 0 Å². The minimum Gasteiger partial charge on any atom is -0.481 e. The Bertz CT molecular complexity index is 543. The van der Waals surface area contributed by atoms with Crippen LogP contribution in [0.1, 0.15) is 142 Å². The molecule has 0 aliphatic heterocycles. The molecule has 16 nitrogen and oxygen atoms in total. The van der Waals surface area contributed by atoms with E-state index in [0.29, 0.717) is 12.8 Å². The zero-order valence-corrected chi connectivity index (χ0v) is 32.2. The molecule has 0 aliphatic rings. The van der Waals surface area contributed by atoms with Crippen LogP contribution in [0, 0.1) is 0 Å². The normalized spacial score (nSPS) is 10.2. The minimum atomic E-state index is -0.954. The number of carbonyl (C=O) groups is 2. The molecule has 52 heavy (non-hydrogen) atoms. The van der Waals surface area contributed by atoms with E-state index in [0.717, 1.165) is 25.7 Å². The molecule has 14 N–H and O–H groups in total. The molecule has 0 saturated heterocycles. The zero-order valence-electron chi connectivity index (χ0n) is 32.2. The van der Waals surface area contributed by atoms with Gasteiger partial charge in [0.05, 0.1) is 52.9 Å². The molecule has 0 unspecified atom stereocenters. The van der Waals surface area contributed by atoms with Crippen molar-refractivity contribution in [2.24, 2.45) is 0 Å². The Morgan fingerprint density at radius 2 is 0.481 bits per heavy atom. The number of hydrogen-bond donors (Lipinski definition) is 14. The lowest BCUT2D eigenvalue weighted by atomic mass is 10.1. The summed E-state index contributed by atoms with van der Waals surface area (Å²) in [5.41, 5.74) is 0. The molecule has 320 valence electrons. The average molecular weight is 769 g/mol. The predicted molar refractivity (Wildman–Crippen MR) is 200 cm³/mol. The summed E-state index contributed by atoms with van der Waals surface area (Å²) in [5, 5.41) is 113. The number of rotatable bonds is 28. The first-order valence-electron chi connectivity index (χ1n) is 18.8. The standard InChI is InChI=1S/2C12H24O2.4C3H8O3/c2*1-2-3-4-5-6-7-8-9-10-11-12(13)14;4*4-1-3(6)2-5/h2*2-11H2,1H3,(H,13,14);4*3-6H,1-2H2. The Kier molecular flexibility index (Phi) is 70.6. The van der Waals surface area contributed by atoms with Crippen molar-refractivity contribution in [3.8, 4) is 0 Å². The van der Waals surface area contributed by atoms with E-state index in [1.807, 2.05) is 0 Å². The molecule has 0 bridgehead atoms. The van der Waals surface area contributed by atoms with Crippen molar-refractivity contribution < 1.29 is 81.1 Å². The van der Waals surface area contributed by atoms with E-state index in [-0.39, 0.29) is 52.9 Å². The van der Waals surface area contributed by atoms with Crippen LogP contribution in [0.2, 0.25) is 0 Å². The highest BCUT2D eigenvalue weighted by molar-refractivity contribution is 5.66. The summed E-state index contributed by atoms with van der Waals surface area (Å²) < 4.78 is 0. The monoisotopic (exact) mass is 769 g/mol. The second-order valence-electron chi connectivity index (χ2n) is 12.0. The molecule has 16 heteroatoms. The first-order valence-corrected chi connectivity index (χ1v) is 18.8. The number of carboxylic acids is 2. The number of hydrogen-bond acceptors (Lipinski definition) is 14. The molecule has 0 radical (unpaired) electrons. The van der Waals surface area contributed by atoms with Gasteiger partial charge >= 0.3 is 11.9 Å². The summed E-state index contributed by atoms with van der Waals surface area (Å²) in [6.07, 6.45) is 19.1. The molecule has 0 amide bonds. The van der Waals surface area contributed by atoms with Crippen molar-refractivity contribution in [3.05, 3.63) is 0 Å². The van der Waals surface area contributed by atoms with Gasteiger partial charge in [-0.1, -0.05) is 117 Å². The second-order valence-corrected chi connectivity index (χ2v) is 12.0. The molecule has 0 fully saturated rings. The third kappa shape index (κ3) is 82.1. The summed E-state index contributed by atoms with van der Waals surface area (Å²) in [4.78, 5) is 20.4. The summed E-state index contributed by atoms with van der Waals surface area (Å²) in [7, 11) is 0. The number of aliphatic carboxylic acids is 2. The third-order valence-electron chi connectivity index (χ3n) is 6.67. The fourth-order valence-corrected chi connectivity index (χ4v) is 3.40. The fraction of sp³-hybridized carbons (Fsp3) is 0.944. The van der Waals surface area contributed by atoms with Crippen molar-refractivity contribution in [2.45, 2.75) is 167 Å². The molecule has 0 aromatic rings. The van der Waals surface area contributed by atoms with E-state index in [1.165, 1.54) is 89.9 Å². The van der Waals surface area contributed by atoms with Gasteiger partial charge in [-0.2, -0.15) is 0 Å². The molecule has 0 aliphatic carbocycles. The molecule has 0 aromatic heterocycles. The van der Waals surface area contributed by atoms with Gasteiger partial charge in [0.2, 0.25) is 0 Å². The summed E-state index contributed by atoms with van der Waals surface area (Å²) in [6, 6.07) is 0. The third-order valence-corrected chi connectivity index (χ3v) is 6.67. The Balaban J connectivity index is -0.000000129. The van der Waals surface area contributed by atoms with E-state index < -0.39 is 36.4 Å². The second kappa shape index (κ2) is 58.8. The van der Waals surface area contributed by atoms with Crippen LogP contribution >= 0.6 is 0 Å². The highest BCUT2D eigenvalue weighted by Crippen LogP contribution is 2.11. The van der Waals surface area contributed by atoms with Crippen LogP contribution in [0.5, 0.6) is 0 Å². The molecular weight excluding hydrogens is 688 g/mol. The van der Waals surface area contributed by atoms with Gasteiger partial charge in [0.1, 0.15) is 24.4 Å². The first kappa shape index (κ1) is 62.4. The van der Waals surface area contributed by atoms with Gasteiger partial charge in [-0.15, -0.1) is 0 Å². The largest absolute Gasteiger partial charge is 0.481 e. The molecular formula is C36H80O16. The van der Waals surface area contributed by atoms with Gasteiger partial charge in [0.25, 0.3) is 0 Å². The quantitative estimate of drug-likeness (QED) is 0.0499. The Morgan fingerprint density at radius 1 is 0.327 bits per heavy atom. The van der Waals surface area contributed by atoms with Crippen molar-refractivity contribution >= 4 is 11.9 Å². The lowest BCUT2D eigenvalue weighted by Gasteiger charge is -2.00. The SMILES string of the molecule is CCCCCCCCCCCC(=O)O.CCCCCCCCCCCC(=O)O.OCC(O)CO.OCC(O)CO.OCC(O)CO.OCC(O)CO. The molecule has 0 saturated carbocycles. The Hall–Kier alpha value is -1.54. The number of aliphatic hydroxyl groups excluding tert-OH is 12. The van der Waals surface area contributed by atoms with E-state index >= 15 is 0 Å². The topological polar surface area (TPSA) is 317 Å². The van der Waals surface area contributed by atoms with E-state index in [1.54, 1.807) is 0 Å². The van der Waals surface area contributed by atoms with Crippen molar-refractivity contribution in [1.82, 2.24) is 0 Å². The minimum absolute atomic E-state index is 0.343. The highest BCUT2D eigenvalue weighted by atomic mass is 16.4. The highest BCUT2D eigenvalue weighted by Gasteiger charge is 1.98. The summed E-state index contributed by atoms with van der Waals surface area (Å²) >= 11 is 0. The van der Waals surface area contributed by atoms with Crippen LogP contribution in [-0.4, -0.2) is 161 Å². The predicted octanol–water partition coefficient (Wildman–Crippen LogP) is 1.31.